The summed E-state index contributed by atoms with van der Waals surface area (Å²) in [6.45, 7) is 5.87. The Balaban J connectivity index is 1.88. The van der Waals surface area contributed by atoms with Crippen LogP contribution in [0.4, 0.5) is 11.4 Å². The highest BCUT2D eigenvalue weighted by Gasteiger charge is 2.16. The molecule has 28 heavy (non-hydrogen) atoms. The van der Waals surface area contributed by atoms with Gasteiger partial charge in [-0.05, 0) is 61.7 Å². The van der Waals surface area contributed by atoms with E-state index in [1.165, 1.54) is 35.0 Å². The Morgan fingerprint density at radius 3 is 2.50 bits per heavy atom. The van der Waals surface area contributed by atoms with E-state index >= 15 is 0 Å². The zero-order chi connectivity index (χ0) is 20.3. The van der Waals surface area contributed by atoms with E-state index in [0.29, 0.717) is 16.3 Å². The molecule has 1 N–H and O–H groups in total. The molecule has 1 aromatic heterocycles. The van der Waals surface area contributed by atoms with E-state index in [4.69, 9.17) is 0 Å². The Labute approximate surface area is 167 Å². The van der Waals surface area contributed by atoms with Crippen molar-refractivity contribution in [1.29, 1.82) is 0 Å². The van der Waals surface area contributed by atoms with Crippen molar-refractivity contribution in [2.24, 2.45) is 0 Å². The van der Waals surface area contributed by atoms with Crippen LogP contribution in [0.15, 0.2) is 64.6 Å². The van der Waals surface area contributed by atoms with Crippen LogP contribution < -0.4 is 5.32 Å². The van der Waals surface area contributed by atoms with Crippen LogP contribution in [0.5, 0.6) is 0 Å². The van der Waals surface area contributed by atoms with Gasteiger partial charge in [0.2, 0.25) is 0 Å². The maximum Gasteiger partial charge on any atom is 0.271 e. The first-order valence-corrected chi connectivity index (χ1v) is 9.43. The second-order valence-electron chi connectivity index (χ2n) is 6.41. The maximum absolute atomic E-state index is 12.8. The van der Waals surface area contributed by atoms with Gasteiger partial charge in [-0.3, -0.25) is 14.9 Å². The molecule has 0 fully saturated rings. The van der Waals surface area contributed by atoms with Crippen molar-refractivity contribution in [2.75, 3.05) is 5.32 Å². The highest BCUT2D eigenvalue weighted by Crippen LogP contribution is 2.31. The molecule has 2 aromatic carbocycles. The highest BCUT2D eigenvalue weighted by atomic mass is 32.2. The third kappa shape index (κ3) is 4.37. The molecule has 0 saturated heterocycles. The Hall–Kier alpha value is -3.19. The summed E-state index contributed by atoms with van der Waals surface area (Å²) in [5.74, 6) is -0.358. The lowest BCUT2D eigenvalue weighted by atomic mass is 10.1. The van der Waals surface area contributed by atoms with Crippen molar-refractivity contribution in [1.82, 2.24) is 4.98 Å². The first-order valence-electron chi connectivity index (χ1n) is 8.61. The number of hydrogen-bond donors (Lipinski definition) is 1. The molecule has 0 atom stereocenters. The molecule has 0 unspecified atom stereocenters. The second-order valence-corrected chi connectivity index (χ2v) is 7.48. The number of aryl methyl sites for hydroxylation is 3. The Kier molecular flexibility index (Phi) is 5.75. The first kappa shape index (κ1) is 19.6. The van der Waals surface area contributed by atoms with Crippen LogP contribution in [0.25, 0.3) is 0 Å². The number of aromatic nitrogens is 1. The molecular weight excluding hydrogens is 374 g/mol. The van der Waals surface area contributed by atoms with Crippen LogP contribution in [0.1, 0.15) is 27.0 Å². The van der Waals surface area contributed by atoms with Gasteiger partial charge in [-0.15, -0.1) is 0 Å². The number of hydrogen-bond acceptors (Lipinski definition) is 5. The summed E-state index contributed by atoms with van der Waals surface area (Å²) in [4.78, 5) is 28.7. The predicted octanol–water partition coefficient (Wildman–Crippen LogP) is 5.32. The van der Waals surface area contributed by atoms with Gasteiger partial charge in [0.15, 0.2) is 0 Å². The number of nitrogens with zero attached hydrogens (tertiary/aromatic N) is 2. The number of carbonyl (C=O) groups is 1. The molecule has 3 aromatic rings. The molecule has 0 spiro atoms. The van der Waals surface area contributed by atoms with Gasteiger partial charge in [-0.1, -0.05) is 23.9 Å². The van der Waals surface area contributed by atoms with Gasteiger partial charge in [0.25, 0.3) is 11.6 Å². The molecular formula is C21H19N3O3S. The molecule has 7 heteroatoms. The lowest BCUT2D eigenvalue weighted by Crippen LogP contribution is -2.14. The first-order chi connectivity index (χ1) is 13.3. The van der Waals surface area contributed by atoms with Gasteiger partial charge >= 0.3 is 0 Å². The smallest absolute Gasteiger partial charge is 0.271 e. The topological polar surface area (TPSA) is 85.1 Å². The van der Waals surface area contributed by atoms with Gasteiger partial charge < -0.3 is 5.32 Å². The normalized spacial score (nSPS) is 10.5. The third-order valence-electron chi connectivity index (χ3n) is 4.39. The fourth-order valence-electron chi connectivity index (χ4n) is 2.58. The molecule has 3 rings (SSSR count). The number of pyridine rings is 1. The lowest BCUT2D eigenvalue weighted by molar-refractivity contribution is -0.384. The van der Waals surface area contributed by atoms with Gasteiger partial charge in [0.1, 0.15) is 5.03 Å². The molecule has 0 radical (unpaired) electrons. The molecule has 6 nitrogen and oxygen atoms in total. The van der Waals surface area contributed by atoms with E-state index in [1.54, 1.807) is 31.3 Å². The van der Waals surface area contributed by atoms with E-state index in [0.717, 1.165) is 10.5 Å². The van der Waals surface area contributed by atoms with E-state index in [1.807, 2.05) is 26.0 Å². The zero-order valence-electron chi connectivity index (χ0n) is 15.7. The molecule has 0 aliphatic carbocycles. The molecule has 142 valence electrons. The van der Waals surface area contributed by atoms with Gasteiger partial charge in [-0.25, -0.2) is 4.98 Å². The number of nitrogens with one attached hydrogen (secondary N) is 1. The summed E-state index contributed by atoms with van der Waals surface area (Å²) in [5, 5.41) is 14.4. The van der Waals surface area contributed by atoms with Crippen LogP contribution in [-0.4, -0.2) is 15.8 Å². The number of nitro groups is 1. The predicted molar refractivity (Wildman–Crippen MR) is 110 cm³/mol. The lowest BCUT2D eigenvalue weighted by Gasteiger charge is -2.11. The van der Waals surface area contributed by atoms with Crippen molar-refractivity contribution >= 4 is 29.0 Å². The SMILES string of the molecule is Cc1ccc(Sc2ncccc2C(=O)Nc2cc([N+](=O)[O-])ccc2C)cc1C. The summed E-state index contributed by atoms with van der Waals surface area (Å²) in [5.41, 5.74) is 3.86. The van der Waals surface area contributed by atoms with Crippen LogP contribution in [0.3, 0.4) is 0 Å². The van der Waals surface area contributed by atoms with E-state index < -0.39 is 4.92 Å². The van der Waals surface area contributed by atoms with Crippen molar-refractivity contribution in [3.8, 4) is 0 Å². The van der Waals surface area contributed by atoms with Crippen LogP contribution in [0.2, 0.25) is 0 Å². The van der Waals surface area contributed by atoms with Crippen LogP contribution in [0, 0.1) is 30.9 Å². The fourth-order valence-corrected chi connectivity index (χ4v) is 3.56. The number of benzene rings is 2. The van der Waals surface area contributed by atoms with Crippen molar-refractivity contribution in [3.63, 3.8) is 0 Å². The molecule has 0 saturated carbocycles. The molecule has 0 aliphatic heterocycles. The number of anilines is 1. The minimum absolute atomic E-state index is 0.0724. The average Bonchev–Trinajstić information content (AvgIpc) is 2.66. The summed E-state index contributed by atoms with van der Waals surface area (Å²) in [6, 6.07) is 13.9. The zero-order valence-corrected chi connectivity index (χ0v) is 16.5. The van der Waals surface area contributed by atoms with Gasteiger partial charge in [-0.2, -0.15) is 0 Å². The Morgan fingerprint density at radius 2 is 1.79 bits per heavy atom. The quantitative estimate of drug-likeness (QED) is 0.468. The minimum atomic E-state index is -0.486. The molecule has 1 heterocycles. The summed E-state index contributed by atoms with van der Waals surface area (Å²) in [6.07, 6.45) is 1.64. The van der Waals surface area contributed by atoms with E-state index in [9.17, 15) is 14.9 Å². The fraction of sp³-hybridized carbons (Fsp3) is 0.143. The van der Waals surface area contributed by atoms with Crippen molar-refractivity contribution in [3.05, 3.63) is 87.1 Å². The van der Waals surface area contributed by atoms with E-state index in [-0.39, 0.29) is 11.6 Å². The monoisotopic (exact) mass is 393 g/mol. The second kappa shape index (κ2) is 8.22. The molecule has 1 amide bonds. The summed E-state index contributed by atoms with van der Waals surface area (Å²) < 4.78 is 0. The number of non-ortho nitro benzene ring substituents is 1. The molecule has 0 aliphatic rings. The van der Waals surface area contributed by atoms with Gasteiger partial charge in [0.05, 0.1) is 16.2 Å². The summed E-state index contributed by atoms with van der Waals surface area (Å²) >= 11 is 1.41. The Bertz CT molecular complexity index is 1070. The van der Waals surface area contributed by atoms with Crippen molar-refractivity contribution in [2.45, 2.75) is 30.7 Å². The minimum Gasteiger partial charge on any atom is -0.321 e. The maximum atomic E-state index is 12.8. The largest absolute Gasteiger partial charge is 0.321 e. The van der Waals surface area contributed by atoms with Crippen molar-refractivity contribution < 1.29 is 9.72 Å². The number of rotatable bonds is 5. The number of carbonyl (C=O) groups excluding carboxylic acids is 1. The van der Waals surface area contributed by atoms with E-state index in [2.05, 4.69) is 16.4 Å². The standard InChI is InChI=1S/C21H19N3O3S/c1-13-7-9-17(11-15(13)3)28-21-18(5-4-10-22-21)20(25)23-19-12-16(24(26)27)8-6-14(19)2/h4-12H,1-3H3,(H,23,25). The van der Waals surface area contributed by atoms with Crippen LogP contribution >= 0.6 is 11.8 Å². The molecule has 0 bridgehead atoms. The third-order valence-corrected chi connectivity index (χ3v) is 5.40. The Morgan fingerprint density at radius 1 is 1.04 bits per heavy atom. The summed E-state index contributed by atoms with van der Waals surface area (Å²) in [7, 11) is 0. The van der Waals surface area contributed by atoms with Gasteiger partial charge in [0, 0.05) is 23.2 Å². The number of nitro benzene ring substituents is 1. The average molecular weight is 393 g/mol. The number of amides is 1. The highest BCUT2D eigenvalue weighted by molar-refractivity contribution is 7.99. The van der Waals surface area contributed by atoms with Crippen LogP contribution in [-0.2, 0) is 0 Å².